The fourth-order valence-corrected chi connectivity index (χ4v) is 8.20. The Morgan fingerprint density at radius 2 is 2.00 bits per heavy atom. The predicted molar refractivity (Wildman–Crippen MR) is 94.1 cm³/mol. The first-order chi connectivity index (χ1) is 9.90. The molecule has 1 rings (SSSR count). The Morgan fingerprint density at radius 1 is 1.29 bits per heavy atom. The number of hydrogen-bond acceptors (Lipinski definition) is 6. The summed E-state index contributed by atoms with van der Waals surface area (Å²) in [5, 5.41) is 0. The van der Waals surface area contributed by atoms with Crippen molar-refractivity contribution in [2.45, 2.75) is 52.7 Å². The van der Waals surface area contributed by atoms with E-state index in [-0.39, 0.29) is 0 Å². The van der Waals surface area contributed by atoms with Crippen LogP contribution in [0.2, 0.25) is 0 Å². The largest absolute Gasteiger partial charge is 0.314 e. The van der Waals surface area contributed by atoms with Crippen LogP contribution >= 0.6 is 28.5 Å². The summed E-state index contributed by atoms with van der Waals surface area (Å²) in [6.45, 7) is 10.6. The Kier molecular flexibility index (Phi) is 8.32. The van der Waals surface area contributed by atoms with Gasteiger partial charge in [-0.1, -0.05) is 43.5 Å². The quantitative estimate of drug-likeness (QED) is 0.555. The van der Waals surface area contributed by atoms with Crippen LogP contribution in [-0.2, 0) is 14.8 Å². The van der Waals surface area contributed by atoms with E-state index in [1.165, 1.54) is 22.8 Å². The van der Waals surface area contributed by atoms with E-state index >= 15 is 0 Å². The topological polar surface area (TPSA) is 52.1 Å². The van der Waals surface area contributed by atoms with Crippen molar-refractivity contribution in [1.29, 1.82) is 0 Å². The molecular weight excluding hydrogens is 323 g/mol. The first-order valence-electron chi connectivity index (χ1n) is 7.28. The Morgan fingerprint density at radius 3 is 2.57 bits per heavy atom. The molecule has 0 saturated heterocycles. The van der Waals surface area contributed by atoms with Crippen molar-refractivity contribution < 1.29 is 9.09 Å². The first-order valence-corrected chi connectivity index (χ1v) is 12.1. The molecule has 1 atom stereocenters. The highest BCUT2D eigenvalue weighted by Gasteiger charge is 2.24. The van der Waals surface area contributed by atoms with Crippen molar-refractivity contribution in [1.82, 2.24) is 9.97 Å². The van der Waals surface area contributed by atoms with Gasteiger partial charge in [-0.25, -0.2) is 9.97 Å². The molecule has 4 nitrogen and oxygen atoms in total. The van der Waals surface area contributed by atoms with Crippen molar-refractivity contribution in [2.24, 2.45) is 0 Å². The van der Waals surface area contributed by atoms with Crippen LogP contribution in [0.25, 0.3) is 0 Å². The number of aromatic nitrogens is 2. The summed E-state index contributed by atoms with van der Waals surface area (Å²) in [5.41, 5.74) is 1.88. The van der Waals surface area contributed by atoms with Gasteiger partial charge in [0.15, 0.2) is 0 Å². The van der Waals surface area contributed by atoms with Gasteiger partial charge in [-0.3, -0.25) is 4.57 Å². The van der Waals surface area contributed by atoms with Gasteiger partial charge in [-0.2, -0.15) is 0 Å². The molecule has 0 aliphatic carbocycles. The molecule has 0 radical (unpaired) electrons. The van der Waals surface area contributed by atoms with Gasteiger partial charge in [-0.05, 0) is 26.3 Å². The van der Waals surface area contributed by atoms with Crippen LogP contribution in [0.15, 0.2) is 6.07 Å². The second-order valence-corrected chi connectivity index (χ2v) is 12.5. The Bertz CT molecular complexity index is 498. The molecule has 0 bridgehead atoms. The molecule has 0 aromatic carbocycles. The summed E-state index contributed by atoms with van der Waals surface area (Å²) in [5.74, 6) is -0.0977. The first kappa shape index (κ1) is 19.0. The molecule has 0 aliphatic rings. The summed E-state index contributed by atoms with van der Waals surface area (Å²) in [6, 6.07) is 1.96. The van der Waals surface area contributed by atoms with Gasteiger partial charge in [0.1, 0.15) is 5.82 Å². The highest BCUT2D eigenvalue weighted by atomic mass is 33.1. The van der Waals surface area contributed by atoms with Crippen LogP contribution in [-0.4, -0.2) is 22.3 Å². The average molecular weight is 348 g/mol. The van der Waals surface area contributed by atoms with E-state index in [0.29, 0.717) is 18.3 Å². The average Bonchev–Trinajstić information content (AvgIpc) is 2.43. The molecule has 1 aromatic rings. The van der Waals surface area contributed by atoms with E-state index in [0.717, 1.165) is 29.4 Å². The Hall–Kier alpha value is -0.0300. The van der Waals surface area contributed by atoms with E-state index in [9.17, 15) is 4.57 Å². The number of nitrogens with zero attached hydrogens (tertiary/aromatic N) is 2. The van der Waals surface area contributed by atoms with Gasteiger partial charge < -0.3 is 4.52 Å². The normalized spacial score (nSPS) is 14.4. The maximum atomic E-state index is 12.7. The third-order valence-electron chi connectivity index (χ3n) is 2.55. The van der Waals surface area contributed by atoms with Gasteiger partial charge in [0, 0.05) is 23.1 Å². The lowest BCUT2D eigenvalue weighted by atomic mass is 10.2. The SMILES string of the molecule is CCCSP(=O)(OCC)SCc1cc(C)nc(C(C)C)n1. The van der Waals surface area contributed by atoms with Crippen molar-refractivity contribution in [3.8, 4) is 0 Å². The molecule has 1 heterocycles. The summed E-state index contributed by atoms with van der Waals surface area (Å²) >= 11 is 2.81. The maximum absolute atomic E-state index is 12.7. The Labute approximate surface area is 136 Å². The minimum atomic E-state index is -2.68. The molecular formula is C14H25N2O2PS2. The third-order valence-corrected chi connectivity index (χ3v) is 10.1. The lowest BCUT2D eigenvalue weighted by Gasteiger charge is -2.16. The van der Waals surface area contributed by atoms with Gasteiger partial charge >= 0.3 is 5.77 Å². The molecule has 21 heavy (non-hydrogen) atoms. The fraction of sp³-hybridized carbons (Fsp3) is 0.714. The van der Waals surface area contributed by atoms with Crippen molar-refractivity contribution in [2.75, 3.05) is 12.4 Å². The molecule has 7 heteroatoms. The van der Waals surface area contributed by atoms with E-state index in [2.05, 4.69) is 30.7 Å². The van der Waals surface area contributed by atoms with Crippen LogP contribution in [0.3, 0.4) is 0 Å². The monoisotopic (exact) mass is 348 g/mol. The van der Waals surface area contributed by atoms with Gasteiger partial charge in [0.25, 0.3) is 0 Å². The molecule has 0 spiro atoms. The van der Waals surface area contributed by atoms with Crippen LogP contribution in [0.4, 0.5) is 0 Å². The van der Waals surface area contributed by atoms with Crippen LogP contribution in [0, 0.1) is 6.92 Å². The predicted octanol–water partition coefficient (Wildman–Crippen LogP) is 5.43. The highest BCUT2D eigenvalue weighted by Crippen LogP contribution is 2.70. The summed E-state index contributed by atoms with van der Waals surface area (Å²) in [4.78, 5) is 9.00. The van der Waals surface area contributed by atoms with Crippen molar-refractivity contribution in [3.05, 3.63) is 23.3 Å². The van der Waals surface area contributed by atoms with Crippen LogP contribution < -0.4 is 0 Å². The van der Waals surface area contributed by atoms with E-state index in [4.69, 9.17) is 4.52 Å². The zero-order valence-corrected chi connectivity index (χ0v) is 16.0. The maximum Gasteiger partial charge on any atom is 0.313 e. The molecule has 1 aromatic heterocycles. The Balaban J connectivity index is 2.77. The highest BCUT2D eigenvalue weighted by molar-refractivity contribution is 8.89. The van der Waals surface area contributed by atoms with E-state index in [1.54, 1.807) is 0 Å². The third kappa shape index (κ3) is 6.72. The minimum absolute atomic E-state index is 0.293. The lowest BCUT2D eigenvalue weighted by molar-refractivity contribution is 0.357. The number of hydrogen-bond donors (Lipinski definition) is 0. The summed E-state index contributed by atoms with van der Waals surface area (Å²) < 4.78 is 18.2. The van der Waals surface area contributed by atoms with Crippen molar-refractivity contribution in [3.63, 3.8) is 0 Å². The van der Waals surface area contributed by atoms with Gasteiger partial charge in [-0.15, -0.1) is 0 Å². The molecule has 0 amide bonds. The fourth-order valence-electron chi connectivity index (χ4n) is 1.61. The molecule has 0 aliphatic heterocycles. The number of aryl methyl sites for hydroxylation is 1. The zero-order chi connectivity index (χ0) is 15.9. The molecule has 0 saturated carbocycles. The smallest absolute Gasteiger partial charge is 0.313 e. The standard InChI is InChI=1S/C14H25N2O2PS2/c1-6-8-20-19(17,18-7-2)21-10-13-9-12(5)15-14(16-13)11(3)4/h9,11H,6-8,10H2,1-5H3. The zero-order valence-electron chi connectivity index (χ0n) is 13.5. The molecule has 120 valence electrons. The summed E-state index contributed by atoms with van der Waals surface area (Å²) in [6.07, 6.45) is 0.992. The summed E-state index contributed by atoms with van der Waals surface area (Å²) in [7, 11) is 0. The second kappa shape index (κ2) is 9.19. The lowest BCUT2D eigenvalue weighted by Crippen LogP contribution is -2.02. The van der Waals surface area contributed by atoms with E-state index < -0.39 is 5.77 Å². The van der Waals surface area contributed by atoms with Crippen LogP contribution in [0.1, 0.15) is 57.2 Å². The van der Waals surface area contributed by atoms with Gasteiger partial charge in [0.05, 0.1) is 12.3 Å². The molecule has 1 unspecified atom stereocenters. The molecule has 0 fully saturated rings. The van der Waals surface area contributed by atoms with Crippen LogP contribution in [0.5, 0.6) is 0 Å². The molecule has 0 N–H and O–H groups in total. The van der Waals surface area contributed by atoms with E-state index in [1.807, 2.05) is 19.9 Å². The van der Waals surface area contributed by atoms with Gasteiger partial charge in [0.2, 0.25) is 0 Å². The van der Waals surface area contributed by atoms with Crippen molar-refractivity contribution >= 4 is 28.5 Å². The minimum Gasteiger partial charge on any atom is -0.314 e. The second-order valence-electron chi connectivity index (χ2n) is 4.99. The number of rotatable bonds is 9.